The third kappa shape index (κ3) is 1.99. The summed E-state index contributed by atoms with van der Waals surface area (Å²) in [6.07, 6.45) is 2.26. The predicted octanol–water partition coefficient (Wildman–Crippen LogP) is 2.73. The molecule has 3 unspecified atom stereocenters. The van der Waals surface area contributed by atoms with Crippen LogP contribution in [0.15, 0.2) is 18.2 Å². The van der Waals surface area contributed by atoms with Gasteiger partial charge in [0.2, 0.25) is 0 Å². The van der Waals surface area contributed by atoms with E-state index < -0.39 is 11.9 Å². The number of carboxylic acid groups (broad SMARTS) is 1. The fourth-order valence-electron chi connectivity index (χ4n) is 3.45. The Labute approximate surface area is 122 Å². The Morgan fingerprint density at radius 3 is 2.70 bits per heavy atom. The van der Waals surface area contributed by atoms with Gasteiger partial charge in [-0.15, -0.1) is 0 Å². The van der Waals surface area contributed by atoms with Crippen molar-refractivity contribution >= 4 is 23.5 Å². The summed E-state index contributed by atoms with van der Waals surface area (Å²) < 4.78 is 0. The van der Waals surface area contributed by atoms with Gasteiger partial charge in [0.15, 0.2) is 0 Å². The summed E-state index contributed by atoms with van der Waals surface area (Å²) in [6, 6.07) is 5.16. The van der Waals surface area contributed by atoms with Crippen molar-refractivity contribution in [3.8, 4) is 0 Å². The number of rotatable bonds is 2. The van der Waals surface area contributed by atoms with Gasteiger partial charge in [-0.05, 0) is 43.9 Å². The smallest absolute Gasteiger partial charge is 0.308 e. The molecule has 1 aromatic rings. The van der Waals surface area contributed by atoms with E-state index in [2.05, 4.69) is 0 Å². The van der Waals surface area contributed by atoms with Crippen molar-refractivity contribution in [1.82, 2.24) is 4.90 Å². The van der Waals surface area contributed by atoms with Crippen molar-refractivity contribution in [3.63, 3.8) is 0 Å². The maximum absolute atomic E-state index is 12.6. The Bertz CT molecular complexity index is 586. The number of nitrogens with zero attached hydrogens (tertiary/aromatic N) is 1. The van der Waals surface area contributed by atoms with Crippen LogP contribution in [0.1, 0.15) is 35.2 Å². The van der Waals surface area contributed by atoms with Crippen LogP contribution in [0, 0.1) is 12.8 Å². The van der Waals surface area contributed by atoms with Gasteiger partial charge in [-0.25, -0.2) is 0 Å². The van der Waals surface area contributed by atoms with E-state index in [1.807, 2.05) is 13.0 Å². The highest BCUT2D eigenvalue weighted by molar-refractivity contribution is 6.31. The van der Waals surface area contributed by atoms with E-state index in [9.17, 15) is 14.7 Å². The lowest BCUT2D eigenvalue weighted by Crippen LogP contribution is -2.37. The minimum Gasteiger partial charge on any atom is -0.481 e. The molecule has 0 radical (unpaired) electrons. The monoisotopic (exact) mass is 293 g/mol. The zero-order chi connectivity index (χ0) is 14.4. The van der Waals surface area contributed by atoms with Crippen molar-refractivity contribution in [1.29, 1.82) is 0 Å². The molecule has 20 heavy (non-hydrogen) atoms. The van der Waals surface area contributed by atoms with E-state index in [1.165, 1.54) is 0 Å². The Kier molecular flexibility index (Phi) is 3.21. The molecule has 2 aliphatic rings. The third-order valence-corrected chi connectivity index (χ3v) is 4.91. The van der Waals surface area contributed by atoms with Gasteiger partial charge in [0.05, 0.1) is 5.92 Å². The molecule has 106 valence electrons. The minimum atomic E-state index is -0.795. The molecule has 1 amide bonds. The molecule has 2 heterocycles. The zero-order valence-electron chi connectivity index (χ0n) is 11.2. The van der Waals surface area contributed by atoms with E-state index in [-0.39, 0.29) is 18.0 Å². The van der Waals surface area contributed by atoms with E-state index >= 15 is 0 Å². The molecule has 0 aromatic heterocycles. The molecule has 5 heteroatoms. The number of carbonyl (C=O) groups is 2. The van der Waals surface area contributed by atoms with Gasteiger partial charge in [0.25, 0.3) is 5.91 Å². The topological polar surface area (TPSA) is 57.6 Å². The number of aliphatic carboxylic acids is 1. The van der Waals surface area contributed by atoms with Crippen LogP contribution in [-0.4, -0.2) is 34.0 Å². The number of hydrogen-bond donors (Lipinski definition) is 1. The molecule has 4 nitrogen and oxygen atoms in total. The molecular formula is C15H16ClNO3. The highest BCUT2D eigenvalue weighted by Gasteiger charge is 2.51. The maximum atomic E-state index is 12.6. The number of halogens is 1. The molecule has 0 saturated carbocycles. The SMILES string of the molecule is Cc1ccc(C(=O)N2C3CCC2C(C(=O)O)C3)cc1Cl. The third-order valence-electron chi connectivity index (χ3n) is 4.51. The summed E-state index contributed by atoms with van der Waals surface area (Å²) in [7, 11) is 0. The fraction of sp³-hybridized carbons (Fsp3) is 0.467. The van der Waals surface area contributed by atoms with Crippen LogP contribution in [0.25, 0.3) is 0 Å². The van der Waals surface area contributed by atoms with Gasteiger partial charge in [0.1, 0.15) is 0 Å². The predicted molar refractivity (Wildman–Crippen MR) is 74.9 cm³/mol. The van der Waals surface area contributed by atoms with Crippen molar-refractivity contribution in [3.05, 3.63) is 34.3 Å². The van der Waals surface area contributed by atoms with E-state index in [1.54, 1.807) is 17.0 Å². The van der Waals surface area contributed by atoms with Crippen LogP contribution in [0.5, 0.6) is 0 Å². The van der Waals surface area contributed by atoms with Gasteiger partial charge in [0, 0.05) is 22.7 Å². The molecule has 1 aromatic carbocycles. The number of benzene rings is 1. The molecule has 2 bridgehead atoms. The molecule has 1 N–H and O–H groups in total. The van der Waals surface area contributed by atoms with Crippen LogP contribution < -0.4 is 0 Å². The van der Waals surface area contributed by atoms with Crippen LogP contribution >= 0.6 is 11.6 Å². The first-order valence-electron chi connectivity index (χ1n) is 6.80. The maximum Gasteiger partial charge on any atom is 0.308 e. The first kappa shape index (κ1) is 13.4. The lowest BCUT2D eigenvalue weighted by molar-refractivity contribution is -0.142. The van der Waals surface area contributed by atoms with Crippen molar-refractivity contribution < 1.29 is 14.7 Å². The number of hydrogen-bond acceptors (Lipinski definition) is 2. The highest BCUT2D eigenvalue weighted by Crippen LogP contribution is 2.42. The van der Waals surface area contributed by atoms with E-state index in [0.717, 1.165) is 18.4 Å². The van der Waals surface area contributed by atoms with Crippen LogP contribution in [-0.2, 0) is 4.79 Å². The fourth-order valence-corrected chi connectivity index (χ4v) is 3.63. The van der Waals surface area contributed by atoms with Gasteiger partial charge in [-0.3, -0.25) is 9.59 Å². The van der Waals surface area contributed by atoms with Crippen molar-refractivity contribution in [2.75, 3.05) is 0 Å². The van der Waals surface area contributed by atoms with E-state index in [4.69, 9.17) is 11.6 Å². The largest absolute Gasteiger partial charge is 0.481 e. The Hall–Kier alpha value is -1.55. The quantitative estimate of drug-likeness (QED) is 0.912. The number of carbonyl (C=O) groups excluding carboxylic acids is 1. The number of fused-ring (bicyclic) bond motifs is 2. The lowest BCUT2D eigenvalue weighted by atomic mass is 9.89. The van der Waals surface area contributed by atoms with Crippen molar-refractivity contribution in [2.45, 2.75) is 38.3 Å². The normalized spacial score (nSPS) is 27.9. The van der Waals surface area contributed by atoms with Crippen LogP contribution in [0.3, 0.4) is 0 Å². The molecule has 2 saturated heterocycles. The second kappa shape index (κ2) is 4.77. The minimum absolute atomic E-state index is 0.0636. The number of aryl methyl sites for hydroxylation is 1. The second-order valence-electron chi connectivity index (χ2n) is 5.66. The Balaban J connectivity index is 1.88. The average molecular weight is 294 g/mol. The summed E-state index contributed by atoms with van der Waals surface area (Å²) in [4.78, 5) is 25.6. The van der Waals surface area contributed by atoms with Crippen LogP contribution in [0.2, 0.25) is 5.02 Å². The molecule has 2 fully saturated rings. The first-order valence-corrected chi connectivity index (χ1v) is 7.18. The number of amides is 1. The first-order chi connectivity index (χ1) is 9.49. The van der Waals surface area contributed by atoms with E-state index in [0.29, 0.717) is 17.0 Å². The molecule has 3 rings (SSSR count). The van der Waals surface area contributed by atoms with Gasteiger partial charge < -0.3 is 10.0 Å². The van der Waals surface area contributed by atoms with Gasteiger partial charge >= 0.3 is 5.97 Å². The molecule has 0 aliphatic carbocycles. The molecule has 3 atom stereocenters. The van der Waals surface area contributed by atoms with Gasteiger partial charge in [-0.1, -0.05) is 17.7 Å². The summed E-state index contributed by atoms with van der Waals surface area (Å²) in [5, 5.41) is 9.79. The Morgan fingerprint density at radius 1 is 1.35 bits per heavy atom. The van der Waals surface area contributed by atoms with Gasteiger partial charge in [-0.2, -0.15) is 0 Å². The molecule has 2 aliphatic heterocycles. The highest BCUT2D eigenvalue weighted by atomic mass is 35.5. The Morgan fingerprint density at radius 2 is 2.10 bits per heavy atom. The second-order valence-corrected chi connectivity index (χ2v) is 6.06. The van der Waals surface area contributed by atoms with Crippen LogP contribution in [0.4, 0.5) is 0 Å². The molecular weight excluding hydrogens is 278 g/mol. The standard InChI is InChI=1S/C15H16ClNO3/c1-8-2-3-9(6-12(8)16)14(18)17-10-4-5-13(17)11(7-10)15(19)20/h2-3,6,10-11,13H,4-5,7H2,1H3,(H,19,20). The summed E-state index contributed by atoms with van der Waals surface area (Å²) in [5.74, 6) is -1.31. The number of carboxylic acids is 1. The summed E-state index contributed by atoms with van der Waals surface area (Å²) >= 11 is 6.07. The summed E-state index contributed by atoms with van der Waals surface area (Å²) in [5.41, 5.74) is 1.47. The lowest BCUT2D eigenvalue weighted by Gasteiger charge is -2.23. The summed E-state index contributed by atoms with van der Waals surface area (Å²) in [6.45, 7) is 1.89. The van der Waals surface area contributed by atoms with Crippen molar-refractivity contribution in [2.24, 2.45) is 5.92 Å². The average Bonchev–Trinajstić information content (AvgIpc) is 2.98. The molecule has 0 spiro atoms. The zero-order valence-corrected chi connectivity index (χ0v) is 11.9.